The first-order chi connectivity index (χ1) is 14.4. The van der Waals surface area contributed by atoms with Gasteiger partial charge in [0.05, 0.1) is 13.5 Å². The topological polar surface area (TPSA) is 67.9 Å². The summed E-state index contributed by atoms with van der Waals surface area (Å²) in [5.74, 6) is 1.38. The lowest BCUT2D eigenvalue weighted by Gasteiger charge is -2.28. The third-order valence-electron chi connectivity index (χ3n) is 5.53. The molecule has 0 aliphatic carbocycles. The minimum absolute atomic E-state index is 0.0214. The Labute approximate surface area is 178 Å². The SMILES string of the molecule is CC[C@@H](C)N1Cc2cc(NC(=O)Cc3ccc(OC)cc3)ccc2O[C@H](CC)C1=O. The Morgan fingerprint density at radius 3 is 2.60 bits per heavy atom. The summed E-state index contributed by atoms with van der Waals surface area (Å²) in [6, 6.07) is 13.1. The fourth-order valence-corrected chi connectivity index (χ4v) is 3.53. The van der Waals surface area contributed by atoms with Crippen molar-refractivity contribution in [2.24, 2.45) is 0 Å². The van der Waals surface area contributed by atoms with Gasteiger partial charge in [-0.05, 0) is 55.7 Å². The van der Waals surface area contributed by atoms with Crippen LogP contribution in [0.4, 0.5) is 5.69 Å². The Morgan fingerprint density at radius 2 is 1.97 bits per heavy atom. The summed E-state index contributed by atoms with van der Waals surface area (Å²) in [6.07, 6.45) is 1.28. The molecule has 2 aromatic carbocycles. The van der Waals surface area contributed by atoms with Gasteiger partial charge in [-0.1, -0.05) is 26.0 Å². The highest BCUT2D eigenvalue weighted by Crippen LogP contribution is 2.30. The van der Waals surface area contributed by atoms with Crippen LogP contribution in [0.25, 0.3) is 0 Å². The zero-order valence-electron chi connectivity index (χ0n) is 18.1. The van der Waals surface area contributed by atoms with E-state index in [2.05, 4.69) is 19.2 Å². The van der Waals surface area contributed by atoms with Gasteiger partial charge in [-0.15, -0.1) is 0 Å². The molecule has 0 unspecified atom stereocenters. The number of rotatable bonds is 7. The molecule has 0 saturated carbocycles. The number of hydrogen-bond acceptors (Lipinski definition) is 4. The number of benzene rings is 2. The van der Waals surface area contributed by atoms with Gasteiger partial charge in [0.2, 0.25) is 5.91 Å². The Kier molecular flexibility index (Phi) is 6.98. The maximum absolute atomic E-state index is 12.9. The molecule has 6 nitrogen and oxygen atoms in total. The molecule has 1 aliphatic rings. The van der Waals surface area contributed by atoms with Gasteiger partial charge in [-0.25, -0.2) is 0 Å². The van der Waals surface area contributed by atoms with Crippen molar-refractivity contribution < 1.29 is 19.1 Å². The van der Waals surface area contributed by atoms with E-state index in [-0.39, 0.29) is 24.3 Å². The lowest BCUT2D eigenvalue weighted by Crippen LogP contribution is -2.43. The van der Waals surface area contributed by atoms with E-state index in [4.69, 9.17) is 9.47 Å². The van der Waals surface area contributed by atoms with Crippen LogP contribution in [0.5, 0.6) is 11.5 Å². The first-order valence-electron chi connectivity index (χ1n) is 10.5. The summed E-state index contributed by atoms with van der Waals surface area (Å²) in [5, 5.41) is 2.95. The smallest absolute Gasteiger partial charge is 0.264 e. The van der Waals surface area contributed by atoms with Crippen molar-refractivity contribution in [1.82, 2.24) is 4.90 Å². The maximum Gasteiger partial charge on any atom is 0.264 e. The van der Waals surface area contributed by atoms with Crippen LogP contribution in [-0.2, 0) is 22.6 Å². The van der Waals surface area contributed by atoms with Crippen molar-refractivity contribution in [2.75, 3.05) is 12.4 Å². The number of hydrogen-bond donors (Lipinski definition) is 1. The van der Waals surface area contributed by atoms with E-state index in [1.165, 1.54) is 0 Å². The number of nitrogens with one attached hydrogen (secondary N) is 1. The molecule has 1 aliphatic heterocycles. The zero-order chi connectivity index (χ0) is 21.7. The molecule has 0 bridgehead atoms. The molecule has 2 amide bonds. The second-order valence-electron chi connectivity index (χ2n) is 7.63. The average molecular weight is 411 g/mol. The van der Waals surface area contributed by atoms with Crippen molar-refractivity contribution in [1.29, 1.82) is 0 Å². The van der Waals surface area contributed by atoms with Gasteiger partial charge in [-0.2, -0.15) is 0 Å². The van der Waals surface area contributed by atoms with Crippen molar-refractivity contribution in [2.45, 2.75) is 58.7 Å². The van der Waals surface area contributed by atoms with Crippen molar-refractivity contribution in [3.05, 3.63) is 53.6 Å². The van der Waals surface area contributed by atoms with E-state index in [9.17, 15) is 9.59 Å². The van der Waals surface area contributed by atoms with E-state index in [1.54, 1.807) is 7.11 Å². The molecule has 0 saturated heterocycles. The predicted molar refractivity (Wildman–Crippen MR) is 117 cm³/mol. The summed E-state index contributed by atoms with van der Waals surface area (Å²) >= 11 is 0. The number of methoxy groups -OCH3 is 1. The fourth-order valence-electron chi connectivity index (χ4n) is 3.53. The van der Waals surface area contributed by atoms with Gasteiger partial charge in [0.1, 0.15) is 11.5 Å². The van der Waals surface area contributed by atoms with E-state index < -0.39 is 6.10 Å². The lowest BCUT2D eigenvalue weighted by atomic mass is 10.1. The number of carbonyl (C=O) groups is 2. The van der Waals surface area contributed by atoms with Crippen molar-refractivity contribution >= 4 is 17.5 Å². The molecule has 6 heteroatoms. The minimum atomic E-state index is -0.476. The molecular weight excluding hydrogens is 380 g/mol. The lowest BCUT2D eigenvalue weighted by molar-refractivity contribution is -0.140. The normalized spacial score (nSPS) is 16.9. The standard InChI is InChI=1S/C24H30N2O4/c1-5-16(3)26-15-18-14-19(9-12-22(18)30-21(6-2)24(26)28)25-23(27)13-17-7-10-20(29-4)11-8-17/h7-12,14,16,21H,5-6,13,15H2,1-4H3,(H,25,27)/t16-,21-/m1/s1. The highest BCUT2D eigenvalue weighted by molar-refractivity contribution is 5.92. The van der Waals surface area contributed by atoms with Crippen molar-refractivity contribution in [3.63, 3.8) is 0 Å². The summed E-state index contributed by atoms with van der Waals surface area (Å²) < 4.78 is 11.2. The fraction of sp³-hybridized carbons (Fsp3) is 0.417. The minimum Gasteiger partial charge on any atom is -0.497 e. The molecule has 2 aromatic rings. The van der Waals surface area contributed by atoms with Crippen LogP contribution in [0.2, 0.25) is 0 Å². The van der Waals surface area contributed by atoms with Crippen LogP contribution >= 0.6 is 0 Å². The Morgan fingerprint density at radius 1 is 1.23 bits per heavy atom. The summed E-state index contributed by atoms with van der Waals surface area (Å²) in [7, 11) is 1.61. The Balaban J connectivity index is 1.75. The molecule has 0 aromatic heterocycles. The van der Waals surface area contributed by atoms with Crippen LogP contribution in [0, 0.1) is 0 Å². The molecule has 1 N–H and O–H groups in total. The molecule has 30 heavy (non-hydrogen) atoms. The number of nitrogens with zero attached hydrogens (tertiary/aromatic N) is 1. The van der Waals surface area contributed by atoms with Gasteiger partial charge in [-0.3, -0.25) is 9.59 Å². The van der Waals surface area contributed by atoms with Crippen LogP contribution in [0.15, 0.2) is 42.5 Å². The van der Waals surface area contributed by atoms with Gasteiger partial charge in [0.25, 0.3) is 5.91 Å². The van der Waals surface area contributed by atoms with E-state index in [0.717, 1.165) is 23.3 Å². The highest BCUT2D eigenvalue weighted by Gasteiger charge is 2.32. The number of carbonyl (C=O) groups excluding carboxylic acids is 2. The molecule has 3 rings (SSSR count). The third kappa shape index (κ3) is 4.93. The van der Waals surface area contributed by atoms with Gasteiger partial charge >= 0.3 is 0 Å². The molecular formula is C24H30N2O4. The third-order valence-corrected chi connectivity index (χ3v) is 5.53. The summed E-state index contributed by atoms with van der Waals surface area (Å²) in [5.41, 5.74) is 2.51. The van der Waals surface area contributed by atoms with Gasteiger partial charge < -0.3 is 19.7 Å². The maximum atomic E-state index is 12.9. The van der Waals surface area contributed by atoms with Crippen LogP contribution in [-0.4, -0.2) is 36.0 Å². The number of ether oxygens (including phenoxy) is 2. The first kappa shape index (κ1) is 21.7. The van der Waals surface area contributed by atoms with E-state index >= 15 is 0 Å². The number of anilines is 1. The van der Waals surface area contributed by atoms with Crippen LogP contribution in [0.1, 0.15) is 44.7 Å². The highest BCUT2D eigenvalue weighted by atomic mass is 16.5. The van der Waals surface area contributed by atoms with E-state index in [0.29, 0.717) is 24.4 Å². The second-order valence-corrected chi connectivity index (χ2v) is 7.63. The molecule has 0 fully saturated rings. The second kappa shape index (κ2) is 9.65. The molecule has 160 valence electrons. The monoisotopic (exact) mass is 410 g/mol. The Bertz CT molecular complexity index is 895. The zero-order valence-corrected chi connectivity index (χ0v) is 18.1. The Hall–Kier alpha value is -3.02. The average Bonchev–Trinajstić information content (AvgIpc) is 2.89. The largest absolute Gasteiger partial charge is 0.497 e. The molecule has 1 heterocycles. The van der Waals surface area contributed by atoms with Crippen molar-refractivity contribution in [3.8, 4) is 11.5 Å². The quantitative estimate of drug-likeness (QED) is 0.744. The van der Waals surface area contributed by atoms with E-state index in [1.807, 2.05) is 54.3 Å². The first-order valence-corrected chi connectivity index (χ1v) is 10.5. The molecule has 0 spiro atoms. The summed E-state index contributed by atoms with van der Waals surface area (Å²) in [6.45, 7) is 6.55. The number of fused-ring (bicyclic) bond motifs is 1. The van der Waals surface area contributed by atoms with Gasteiger partial charge in [0, 0.05) is 23.8 Å². The number of amides is 2. The van der Waals surface area contributed by atoms with Gasteiger partial charge in [0.15, 0.2) is 6.10 Å². The summed E-state index contributed by atoms with van der Waals surface area (Å²) in [4.78, 5) is 27.3. The molecule has 0 radical (unpaired) electrons. The predicted octanol–water partition coefficient (Wildman–Crippen LogP) is 4.17. The van der Waals surface area contributed by atoms with Crippen LogP contribution < -0.4 is 14.8 Å². The van der Waals surface area contributed by atoms with Crippen LogP contribution in [0.3, 0.4) is 0 Å². The molecule has 2 atom stereocenters.